The largest absolute Gasteiger partial charge is 0.484 e. The normalized spacial score (nSPS) is 11.6. The number of hydrogen-bond acceptors (Lipinski definition) is 3. The van der Waals surface area contributed by atoms with E-state index in [9.17, 15) is 9.59 Å². The first-order valence-electron chi connectivity index (χ1n) is 10.2. The van der Waals surface area contributed by atoms with E-state index in [1.54, 1.807) is 18.2 Å². The van der Waals surface area contributed by atoms with Crippen LogP contribution in [0.15, 0.2) is 42.5 Å². The maximum absolute atomic E-state index is 13.2. The second-order valence-corrected chi connectivity index (χ2v) is 9.16. The number of ether oxygens (including phenoxy) is 1. The number of nitrogens with one attached hydrogen (secondary N) is 1. The van der Waals surface area contributed by atoms with Crippen LogP contribution >= 0.6 is 45.8 Å². The van der Waals surface area contributed by atoms with E-state index in [0.717, 1.165) is 16.4 Å². The zero-order valence-electron chi connectivity index (χ0n) is 17.7. The molecule has 8 heteroatoms. The molecule has 0 fully saturated rings. The van der Waals surface area contributed by atoms with Gasteiger partial charge in [0.25, 0.3) is 5.91 Å². The van der Waals surface area contributed by atoms with Crippen molar-refractivity contribution in [2.75, 3.05) is 13.2 Å². The van der Waals surface area contributed by atoms with Crippen molar-refractivity contribution in [1.29, 1.82) is 0 Å². The maximum atomic E-state index is 13.2. The lowest BCUT2D eigenvalue weighted by atomic mass is 10.1. The van der Waals surface area contributed by atoms with E-state index in [4.69, 9.17) is 27.9 Å². The van der Waals surface area contributed by atoms with Crippen LogP contribution < -0.4 is 10.1 Å². The van der Waals surface area contributed by atoms with E-state index in [2.05, 4.69) is 34.8 Å². The number of benzene rings is 2. The molecule has 31 heavy (non-hydrogen) atoms. The van der Waals surface area contributed by atoms with Gasteiger partial charge in [0, 0.05) is 26.7 Å². The summed E-state index contributed by atoms with van der Waals surface area (Å²) in [4.78, 5) is 27.5. The van der Waals surface area contributed by atoms with E-state index in [1.807, 2.05) is 31.2 Å². The lowest BCUT2D eigenvalue weighted by Gasteiger charge is -2.31. The summed E-state index contributed by atoms with van der Waals surface area (Å²) in [5.74, 6) is 0.129. The van der Waals surface area contributed by atoms with Crippen molar-refractivity contribution < 1.29 is 14.3 Å². The summed E-state index contributed by atoms with van der Waals surface area (Å²) in [6.07, 6.45) is 2.33. The Morgan fingerprint density at radius 1 is 1.13 bits per heavy atom. The van der Waals surface area contributed by atoms with Crippen LogP contribution in [0.3, 0.4) is 0 Å². The van der Waals surface area contributed by atoms with Crippen LogP contribution in [0.4, 0.5) is 0 Å². The first-order valence-corrected chi connectivity index (χ1v) is 12.1. The Balaban J connectivity index is 2.20. The fourth-order valence-corrected chi connectivity index (χ4v) is 3.85. The number of amides is 2. The summed E-state index contributed by atoms with van der Waals surface area (Å²) < 4.78 is 6.76. The molecule has 0 unspecified atom stereocenters. The second kappa shape index (κ2) is 13.1. The van der Waals surface area contributed by atoms with Crippen LogP contribution in [0.1, 0.15) is 38.7 Å². The molecule has 0 aromatic heterocycles. The smallest absolute Gasteiger partial charge is 0.261 e. The molecule has 0 bridgehead atoms. The molecule has 1 atom stereocenters. The molecule has 2 rings (SSSR count). The molecule has 5 nitrogen and oxygen atoms in total. The quantitative estimate of drug-likeness (QED) is 0.276. The van der Waals surface area contributed by atoms with Gasteiger partial charge in [-0.1, -0.05) is 49.5 Å². The summed E-state index contributed by atoms with van der Waals surface area (Å²) >= 11 is 14.6. The van der Waals surface area contributed by atoms with Gasteiger partial charge in [-0.15, -0.1) is 0 Å². The standard InChI is InChI=1S/C23H27Cl2IN2O3/c1-3-5-12-27-23(30)21(4-2)28(14-16-6-7-17(24)13-20(16)25)22(29)15-31-19-10-8-18(26)9-11-19/h6-11,13,21H,3-5,12,14-15H2,1-2H3,(H,27,30)/t21-/m1/s1. The Labute approximate surface area is 207 Å². The van der Waals surface area contributed by atoms with Crippen molar-refractivity contribution in [3.8, 4) is 5.75 Å². The number of hydrogen-bond donors (Lipinski definition) is 1. The molecule has 168 valence electrons. The van der Waals surface area contributed by atoms with Gasteiger partial charge in [0.05, 0.1) is 0 Å². The molecule has 0 aliphatic rings. The SMILES string of the molecule is CCCCNC(=O)[C@@H](CC)N(Cc1ccc(Cl)cc1Cl)C(=O)COc1ccc(I)cc1. The lowest BCUT2D eigenvalue weighted by Crippen LogP contribution is -2.50. The van der Waals surface area contributed by atoms with Crippen molar-refractivity contribution in [2.24, 2.45) is 0 Å². The van der Waals surface area contributed by atoms with Crippen molar-refractivity contribution in [3.05, 3.63) is 61.6 Å². The zero-order chi connectivity index (χ0) is 22.8. The highest BCUT2D eigenvalue weighted by atomic mass is 127. The Morgan fingerprint density at radius 3 is 2.45 bits per heavy atom. The first-order chi connectivity index (χ1) is 14.8. The first kappa shape index (κ1) is 25.7. The molecule has 0 saturated carbocycles. The number of nitrogens with zero attached hydrogens (tertiary/aromatic N) is 1. The molecule has 0 spiro atoms. The molecular weight excluding hydrogens is 550 g/mol. The number of rotatable bonds is 11. The highest BCUT2D eigenvalue weighted by molar-refractivity contribution is 14.1. The number of halogens is 3. The van der Waals surface area contributed by atoms with E-state index >= 15 is 0 Å². The van der Waals surface area contributed by atoms with Gasteiger partial charge in [0.15, 0.2) is 6.61 Å². The van der Waals surface area contributed by atoms with Crippen molar-refractivity contribution in [2.45, 2.75) is 45.7 Å². The van der Waals surface area contributed by atoms with E-state index in [-0.39, 0.29) is 25.0 Å². The monoisotopic (exact) mass is 576 g/mol. The fourth-order valence-electron chi connectivity index (χ4n) is 3.02. The van der Waals surface area contributed by atoms with Gasteiger partial charge in [0.2, 0.25) is 5.91 Å². The molecule has 2 amide bonds. The average molecular weight is 577 g/mol. The Bertz CT molecular complexity index is 878. The molecule has 0 aliphatic heterocycles. The van der Waals surface area contributed by atoms with Gasteiger partial charge in [-0.25, -0.2) is 0 Å². The highest BCUT2D eigenvalue weighted by Crippen LogP contribution is 2.24. The van der Waals surface area contributed by atoms with Crippen LogP contribution in [0.5, 0.6) is 5.75 Å². The Hall–Kier alpha value is -1.51. The predicted molar refractivity (Wildman–Crippen MR) is 134 cm³/mol. The third-order valence-electron chi connectivity index (χ3n) is 4.75. The summed E-state index contributed by atoms with van der Waals surface area (Å²) in [5.41, 5.74) is 0.716. The lowest BCUT2D eigenvalue weighted by molar-refractivity contribution is -0.143. The van der Waals surface area contributed by atoms with Gasteiger partial charge < -0.3 is 15.0 Å². The summed E-state index contributed by atoms with van der Waals surface area (Å²) in [7, 11) is 0. The Morgan fingerprint density at radius 2 is 1.84 bits per heavy atom. The fraction of sp³-hybridized carbons (Fsp3) is 0.391. The molecule has 2 aromatic rings. The zero-order valence-corrected chi connectivity index (χ0v) is 21.3. The molecule has 0 aliphatic carbocycles. The van der Waals surface area contributed by atoms with Gasteiger partial charge in [-0.05, 0) is 77.4 Å². The topological polar surface area (TPSA) is 58.6 Å². The number of unbranched alkanes of at least 4 members (excludes halogenated alkanes) is 1. The third-order valence-corrected chi connectivity index (χ3v) is 6.05. The molecule has 2 aromatic carbocycles. The number of carbonyl (C=O) groups excluding carboxylic acids is 2. The van der Waals surface area contributed by atoms with Crippen LogP contribution in [-0.2, 0) is 16.1 Å². The van der Waals surface area contributed by atoms with E-state index in [1.165, 1.54) is 4.90 Å². The van der Waals surface area contributed by atoms with Crippen LogP contribution in [0, 0.1) is 3.57 Å². The second-order valence-electron chi connectivity index (χ2n) is 7.07. The van der Waals surface area contributed by atoms with Gasteiger partial charge >= 0.3 is 0 Å². The van der Waals surface area contributed by atoms with Crippen LogP contribution in [0.2, 0.25) is 10.0 Å². The Kier molecular flexibility index (Phi) is 10.9. The van der Waals surface area contributed by atoms with Crippen LogP contribution in [0.25, 0.3) is 0 Å². The molecule has 0 saturated heterocycles. The van der Waals surface area contributed by atoms with Crippen molar-refractivity contribution >= 4 is 57.6 Å². The van der Waals surface area contributed by atoms with E-state index in [0.29, 0.717) is 34.3 Å². The van der Waals surface area contributed by atoms with E-state index < -0.39 is 6.04 Å². The minimum absolute atomic E-state index is 0.176. The summed E-state index contributed by atoms with van der Waals surface area (Å²) in [5, 5.41) is 3.89. The minimum Gasteiger partial charge on any atom is -0.484 e. The minimum atomic E-state index is -0.628. The predicted octanol–water partition coefficient (Wildman–Crippen LogP) is 5.70. The highest BCUT2D eigenvalue weighted by Gasteiger charge is 2.29. The van der Waals surface area contributed by atoms with Gasteiger partial charge in [-0.3, -0.25) is 9.59 Å². The maximum Gasteiger partial charge on any atom is 0.261 e. The van der Waals surface area contributed by atoms with Crippen molar-refractivity contribution in [1.82, 2.24) is 10.2 Å². The summed E-state index contributed by atoms with van der Waals surface area (Å²) in [6.45, 7) is 4.53. The van der Waals surface area contributed by atoms with Gasteiger partial charge in [0.1, 0.15) is 11.8 Å². The molecule has 0 heterocycles. The van der Waals surface area contributed by atoms with Crippen molar-refractivity contribution in [3.63, 3.8) is 0 Å². The molecule has 0 radical (unpaired) electrons. The number of carbonyl (C=O) groups is 2. The summed E-state index contributed by atoms with van der Waals surface area (Å²) in [6, 6.07) is 11.9. The molecular formula is C23H27Cl2IN2O3. The van der Waals surface area contributed by atoms with Crippen LogP contribution in [-0.4, -0.2) is 35.9 Å². The third kappa shape index (κ3) is 8.16. The van der Waals surface area contributed by atoms with Gasteiger partial charge in [-0.2, -0.15) is 0 Å². The average Bonchev–Trinajstić information content (AvgIpc) is 2.74. The molecule has 1 N–H and O–H groups in total.